The van der Waals surface area contributed by atoms with Gasteiger partial charge in [0.1, 0.15) is 11.6 Å². The zero-order chi connectivity index (χ0) is 15.4. The molecule has 0 spiro atoms. The van der Waals surface area contributed by atoms with E-state index in [1.54, 1.807) is 17.9 Å². The van der Waals surface area contributed by atoms with Crippen LogP contribution in [0.5, 0.6) is 0 Å². The van der Waals surface area contributed by atoms with E-state index in [1.165, 1.54) is 4.40 Å². The van der Waals surface area contributed by atoms with Crippen molar-refractivity contribution in [3.05, 3.63) is 22.4 Å². The van der Waals surface area contributed by atoms with Gasteiger partial charge in [-0.2, -0.15) is 5.10 Å². The van der Waals surface area contributed by atoms with Gasteiger partial charge in [0.05, 0.1) is 0 Å². The molecule has 2 aromatic heterocycles. The molecule has 0 bridgehead atoms. The molecule has 2 rings (SSSR count). The van der Waals surface area contributed by atoms with Crippen molar-refractivity contribution in [2.45, 2.75) is 27.2 Å². The Morgan fingerprint density at radius 2 is 2.14 bits per heavy atom. The minimum atomic E-state index is -0.307. The highest BCUT2D eigenvalue weighted by molar-refractivity contribution is 5.76. The first-order chi connectivity index (χ1) is 10.1. The minimum Gasteiger partial charge on any atom is -0.369 e. The van der Waals surface area contributed by atoms with Crippen molar-refractivity contribution < 1.29 is 4.79 Å². The number of nitrogens with zero attached hydrogens (tertiary/aromatic N) is 4. The Morgan fingerprint density at radius 1 is 1.43 bits per heavy atom. The lowest BCUT2D eigenvalue weighted by atomic mass is 10.3. The van der Waals surface area contributed by atoms with E-state index < -0.39 is 0 Å². The highest BCUT2D eigenvalue weighted by Crippen LogP contribution is 2.08. The third-order valence-electron chi connectivity index (χ3n) is 3.33. The Balaban J connectivity index is 2.01. The van der Waals surface area contributed by atoms with Crippen molar-refractivity contribution >= 4 is 17.4 Å². The molecule has 0 atom stereocenters. The molecule has 114 valence electrons. The lowest BCUT2D eigenvalue weighted by Crippen LogP contribution is -2.31. The number of aromatic amines is 1. The predicted molar refractivity (Wildman–Crippen MR) is 79.4 cm³/mol. The minimum absolute atomic E-state index is 0.112. The molecule has 0 radical (unpaired) electrons. The van der Waals surface area contributed by atoms with Gasteiger partial charge < -0.3 is 10.2 Å². The van der Waals surface area contributed by atoms with E-state index in [0.717, 1.165) is 13.1 Å². The van der Waals surface area contributed by atoms with Gasteiger partial charge in [-0.3, -0.25) is 4.79 Å². The topological polar surface area (TPSA) is 95.4 Å². The molecule has 21 heavy (non-hydrogen) atoms. The fourth-order valence-electron chi connectivity index (χ4n) is 2.22. The summed E-state index contributed by atoms with van der Waals surface area (Å²) in [6.07, 6.45) is 0.404. The Hall–Kier alpha value is -2.38. The van der Waals surface area contributed by atoms with Crippen molar-refractivity contribution in [3.63, 3.8) is 0 Å². The molecule has 0 aromatic carbocycles. The Kier molecular flexibility index (Phi) is 4.56. The van der Waals surface area contributed by atoms with Crippen molar-refractivity contribution in [1.82, 2.24) is 24.5 Å². The Labute approximate surface area is 122 Å². The molecule has 2 N–H and O–H groups in total. The van der Waals surface area contributed by atoms with E-state index in [-0.39, 0.29) is 11.6 Å². The number of hydrogen-bond donors (Lipinski definition) is 2. The largest absolute Gasteiger partial charge is 0.369 e. The second-order valence-corrected chi connectivity index (χ2v) is 4.65. The molecule has 1 amide bonds. The van der Waals surface area contributed by atoms with E-state index >= 15 is 0 Å². The van der Waals surface area contributed by atoms with Gasteiger partial charge in [-0.05, 0) is 20.8 Å². The average Bonchev–Trinajstić information content (AvgIpc) is 2.82. The molecule has 0 fully saturated rings. The number of H-pyrrole nitrogens is 1. The van der Waals surface area contributed by atoms with Crippen LogP contribution in [0.4, 0.5) is 5.82 Å². The van der Waals surface area contributed by atoms with E-state index in [9.17, 15) is 9.59 Å². The van der Waals surface area contributed by atoms with Gasteiger partial charge in [0.2, 0.25) is 5.91 Å². The van der Waals surface area contributed by atoms with Crippen LogP contribution in [0, 0.1) is 6.92 Å². The normalized spacial score (nSPS) is 10.8. The number of aryl methyl sites for hydroxylation is 1. The summed E-state index contributed by atoms with van der Waals surface area (Å²) in [5.74, 6) is 1.26. The number of carbonyl (C=O) groups excluding carboxylic acids is 1. The molecular weight excluding hydrogens is 272 g/mol. The van der Waals surface area contributed by atoms with Gasteiger partial charge in [-0.15, -0.1) is 0 Å². The Bertz CT molecular complexity index is 686. The molecule has 0 saturated heterocycles. The summed E-state index contributed by atoms with van der Waals surface area (Å²) in [4.78, 5) is 29.4. The summed E-state index contributed by atoms with van der Waals surface area (Å²) in [5.41, 5.74) is 0.198. The molecule has 0 aliphatic rings. The van der Waals surface area contributed by atoms with Crippen molar-refractivity contribution in [3.8, 4) is 0 Å². The highest BCUT2D eigenvalue weighted by Gasteiger charge is 2.10. The van der Waals surface area contributed by atoms with Gasteiger partial charge in [0.15, 0.2) is 5.65 Å². The van der Waals surface area contributed by atoms with Gasteiger partial charge in [-0.25, -0.2) is 19.3 Å². The fourth-order valence-corrected chi connectivity index (χ4v) is 2.22. The first-order valence-corrected chi connectivity index (χ1v) is 7.03. The van der Waals surface area contributed by atoms with Crippen LogP contribution in [0.2, 0.25) is 0 Å². The van der Waals surface area contributed by atoms with Crippen molar-refractivity contribution in [1.29, 1.82) is 0 Å². The van der Waals surface area contributed by atoms with Crippen LogP contribution >= 0.6 is 0 Å². The monoisotopic (exact) mass is 292 g/mol. The Morgan fingerprint density at radius 3 is 2.81 bits per heavy atom. The third-order valence-corrected chi connectivity index (χ3v) is 3.33. The summed E-state index contributed by atoms with van der Waals surface area (Å²) in [5, 5.41) is 9.38. The van der Waals surface area contributed by atoms with E-state index in [2.05, 4.69) is 20.5 Å². The van der Waals surface area contributed by atoms with E-state index in [1.807, 2.05) is 13.8 Å². The molecule has 0 aliphatic carbocycles. The van der Waals surface area contributed by atoms with Gasteiger partial charge in [0, 0.05) is 32.1 Å². The first kappa shape index (κ1) is 15.0. The van der Waals surface area contributed by atoms with Gasteiger partial charge in [0.25, 0.3) is 0 Å². The van der Waals surface area contributed by atoms with Crippen LogP contribution in [0.1, 0.15) is 26.1 Å². The second-order valence-electron chi connectivity index (χ2n) is 4.65. The SMILES string of the molecule is CCN(CC)C(=O)CCNc1cc2n[nH]c(=O)n2c(C)n1. The smallest absolute Gasteiger partial charge is 0.349 e. The summed E-state index contributed by atoms with van der Waals surface area (Å²) < 4.78 is 1.40. The van der Waals surface area contributed by atoms with Crippen LogP contribution in [-0.2, 0) is 4.79 Å². The standard InChI is InChI=1S/C13H20N6O2/c1-4-18(5-2)12(20)6-7-14-10-8-11-16-17-13(21)19(11)9(3)15-10/h8,14H,4-7H2,1-3H3,(H,17,21). The number of aromatic nitrogens is 4. The second kappa shape index (κ2) is 6.38. The maximum atomic E-state index is 11.9. The molecule has 0 saturated carbocycles. The number of nitrogens with one attached hydrogen (secondary N) is 2. The molecule has 8 nitrogen and oxygen atoms in total. The predicted octanol–water partition coefficient (Wildman–Crippen LogP) is 0.396. The maximum absolute atomic E-state index is 11.9. The molecule has 8 heteroatoms. The lowest BCUT2D eigenvalue weighted by Gasteiger charge is -2.18. The van der Waals surface area contributed by atoms with Crippen LogP contribution in [0.3, 0.4) is 0 Å². The fraction of sp³-hybridized carbons (Fsp3) is 0.538. The average molecular weight is 292 g/mol. The highest BCUT2D eigenvalue weighted by atomic mass is 16.2. The van der Waals surface area contributed by atoms with E-state index in [0.29, 0.717) is 30.3 Å². The van der Waals surface area contributed by atoms with Crippen LogP contribution < -0.4 is 11.0 Å². The number of hydrogen-bond acceptors (Lipinski definition) is 5. The third kappa shape index (κ3) is 3.21. The summed E-state index contributed by atoms with van der Waals surface area (Å²) >= 11 is 0. The summed E-state index contributed by atoms with van der Waals surface area (Å²) in [6, 6.07) is 1.67. The van der Waals surface area contributed by atoms with Crippen molar-refractivity contribution in [2.24, 2.45) is 0 Å². The van der Waals surface area contributed by atoms with Crippen LogP contribution in [0.15, 0.2) is 10.9 Å². The van der Waals surface area contributed by atoms with Gasteiger partial charge in [-0.1, -0.05) is 0 Å². The number of amides is 1. The molecule has 2 heterocycles. The number of rotatable bonds is 6. The maximum Gasteiger partial charge on any atom is 0.349 e. The summed E-state index contributed by atoms with van der Waals surface area (Å²) in [6.45, 7) is 7.58. The van der Waals surface area contributed by atoms with E-state index in [4.69, 9.17) is 0 Å². The number of fused-ring (bicyclic) bond motifs is 1. The first-order valence-electron chi connectivity index (χ1n) is 7.03. The lowest BCUT2D eigenvalue weighted by molar-refractivity contribution is -0.130. The molecular formula is C13H20N6O2. The van der Waals surface area contributed by atoms with Gasteiger partial charge >= 0.3 is 5.69 Å². The summed E-state index contributed by atoms with van der Waals surface area (Å²) in [7, 11) is 0. The van der Waals surface area contributed by atoms with Crippen molar-refractivity contribution in [2.75, 3.05) is 25.0 Å². The van der Waals surface area contributed by atoms with Crippen LogP contribution in [0.25, 0.3) is 5.65 Å². The van der Waals surface area contributed by atoms with Crippen LogP contribution in [-0.4, -0.2) is 50.0 Å². The number of carbonyl (C=O) groups is 1. The zero-order valence-electron chi connectivity index (χ0n) is 12.5. The number of anilines is 1. The quantitative estimate of drug-likeness (QED) is 0.803. The molecule has 2 aromatic rings. The molecule has 0 aliphatic heterocycles. The zero-order valence-corrected chi connectivity index (χ0v) is 12.5. The molecule has 0 unspecified atom stereocenters.